The van der Waals surface area contributed by atoms with Crippen LogP contribution in [0.25, 0.3) is 0 Å². The average molecular weight is 277 g/mol. The second-order valence-electron chi connectivity index (χ2n) is 6.82. The number of carbonyl (C=O) groups is 1. The second kappa shape index (κ2) is 5.94. The molecule has 3 heteroatoms. The fraction of sp³-hybridized carbons (Fsp3) is 0.588. The summed E-state index contributed by atoms with van der Waals surface area (Å²) in [7, 11) is 0. The third-order valence-corrected chi connectivity index (χ3v) is 4.34. The smallest absolute Gasteiger partial charge is 0.226 e. The molecule has 0 spiro atoms. The number of amides is 1. The highest BCUT2D eigenvalue weighted by Crippen LogP contribution is 2.34. The first-order valence-corrected chi connectivity index (χ1v) is 7.38. The van der Waals surface area contributed by atoms with Crippen molar-refractivity contribution in [1.29, 1.82) is 0 Å². The zero-order chi connectivity index (χ0) is 14.8. The Balaban J connectivity index is 1.87. The van der Waals surface area contributed by atoms with Gasteiger partial charge in [-0.05, 0) is 41.9 Å². The van der Waals surface area contributed by atoms with Gasteiger partial charge in [0.05, 0.1) is 6.42 Å². The first-order chi connectivity index (χ1) is 9.36. The highest BCUT2D eigenvalue weighted by atomic mass is 19.1. The maximum Gasteiger partial charge on any atom is 0.226 e. The standard InChI is InChI=1S/C17H24FNO/c1-17(2,3)14-8-10-19(11-9-14)16(20)12-13-4-6-15(18)7-5-13/h4-7,14H,8-12H2,1-3H3. The van der Waals surface area contributed by atoms with E-state index in [2.05, 4.69) is 20.8 Å². The van der Waals surface area contributed by atoms with Crippen LogP contribution in [0, 0.1) is 17.2 Å². The molecule has 0 saturated carbocycles. The van der Waals surface area contributed by atoms with Crippen molar-refractivity contribution in [3.05, 3.63) is 35.6 Å². The Morgan fingerprint density at radius 1 is 1.20 bits per heavy atom. The number of likely N-dealkylation sites (tertiary alicyclic amines) is 1. The predicted molar refractivity (Wildman–Crippen MR) is 78.9 cm³/mol. The molecule has 0 N–H and O–H groups in total. The van der Waals surface area contributed by atoms with Crippen molar-refractivity contribution in [2.24, 2.45) is 11.3 Å². The van der Waals surface area contributed by atoms with Crippen LogP contribution in [0.5, 0.6) is 0 Å². The first-order valence-electron chi connectivity index (χ1n) is 7.38. The molecule has 0 atom stereocenters. The van der Waals surface area contributed by atoms with E-state index in [0.717, 1.165) is 31.5 Å². The average Bonchev–Trinajstić information content (AvgIpc) is 2.40. The monoisotopic (exact) mass is 277 g/mol. The van der Waals surface area contributed by atoms with Gasteiger partial charge in [0.15, 0.2) is 0 Å². The highest BCUT2D eigenvalue weighted by Gasteiger charge is 2.30. The van der Waals surface area contributed by atoms with E-state index in [9.17, 15) is 9.18 Å². The topological polar surface area (TPSA) is 20.3 Å². The van der Waals surface area contributed by atoms with Crippen molar-refractivity contribution >= 4 is 5.91 Å². The third kappa shape index (κ3) is 3.81. The summed E-state index contributed by atoms with van der Waals surface area (Å²) < 4.78 is 12.8. The Kier molecular flexibility index (Phi) is 4.46. The van der Waals surface area contributed by atoms with Crippen LogP contribution in [0.4, 0.5) is 4.39 Å². The van der Waals surface area contributed by atoms with Gasteiger partial charge in [-0.25, -0.2) is 4.39 Å². The summed E-state index contributed by atoms with van der Waals surface area (Å²) in [5.74, 6) is 0.591. The van der Waals surface area contributed by atoms with Crippen molar-refractivity contribution in [2.45, 2.75) is 40.0 Å². The van der Waals surface area contributed by atoms with Gasteiger partial charge in [0.2, 0.25) is 5.91 Å². The molecule has 0 aromatic heterocycles. The Morgan fingerprint density at radius 3 is 2.25 bits per heavy atom. The molecule has 20 heavy (non-hydrogen) atoms. The van der Waals surface area contributed by atoms with E-state index < -0.39 is 0 Å². The van der Waals surface area contributed by atoms with E-state index in [1.165, 1.54) is 12.1 Å². The molecule has 1 aromatic rings. The van der Waals surface area contributed by atoms with Crippen LogP contribution < -0.4 is 0 Å². The molecule has 2 nitrogen and oxygen atoms in total. The lowest BCUT2D eigenvalue weighted by Gasteiger charge is -2.38. The number of benzene rings is 1. The number of carbonyl (C=O) groups excluding carboxylic acids is 1. The summed E-state index contributed by atoms with van der Waals surface area (Å²) in [6.07, 6.45) is 2.54. The number of rotatable bonds is 2. The minimum atomic E-state index is -0.257. The van der Waals surface area contributed by atoms with Gasteiger partial charge >= 0.3 is 0 Å². The molecule has 0 unspecified atom stereocenters. The minimum Gasteiger partial charge on any atom is -0.342 e. The lowest BCUT2D eigenvalue weighted by atomic mass is 9.75. The fourth-order valence-electron chi connectivity index (χ4n) is 2.88. The van der Waals surface area contributed by atoms with E-state index in [4.69, 9.17) is 0 Å². The van der Waals surface area contributed by atoms with E-state index in [1.807, 2.05) is 4.90 Å². The van der Waals surface area contributed by atoms with Crippen LogP contribution >= 0.6 is 0 Å². The zero-order valence-corrected chi connectivity index (χ0v) is 12.7. The number of piperidine rings is 1. The van der Waals surface area contributed by atoms with E-state index in [-0.39, 0.29) is 11.7 Å². The molecule has 0 radical (unpaired) electrons. The van der Waals surface area contributed by atoms with Crippen molar-refractivity contribution in [3.63, 3.8) is 0 Å². The molecule has 1 fully saturated rings. The van der Waals surface area contributed by atoms with Gasteiger partial charge in [0.25, 0.3) is 0 Å². The molecule has 1 aliphatic rings. The van der Waals surface area contributed by atoms with Crippen LogP contribution in [0.15, 0.2) is 24.3 Å². The van der Waals surface area contributed by atoms with Gasteiger partial charge < -0.3 is 4.90 Å². The maximum atomic E-state index is 12.8. The van der Waals surface area contributed by atoms with Crippen LogP contribution in [0.2, 0.25) is 0 Å². The van der Waals surface area contributed by atoms with Crippen molar-refractivity contribution < 1.29 is 9.18 Å². The summed E-state index contributed by atoms with van der Waals surface area (Å²) in [6.45, 7) is 8.51. The van der Waals surface area contributed by atoms with Gasteiger partial charge in [-0.15, -0.1) is 0 Å². The van der Waals surface area contributed by atoms with Crippen LogP contribution in [-0.2, 0) is 11.2 Å². The van der Waals surface area contributed by atoms with Gasteiger partial charge in [0, 0.05) is 13.1 Å². The summed E-state index contributed by atoms with van der Waals surface area (Å²) in [5, 5.41) is 0. The quantitative estimate of drug-likeness (QED) is 0.808. The van der Waals surface area contributed by atoms with Crippen LogP contribution in [0.1, 0.15) is 39.2 Å². The normalized spacial score (nSPS) is 17.3. The van der Waals surface area contributed by atoms with Crippen molar-refractivity contribution in [1.82, 2.24) is 4.90 Å². The van der Waals surface area contributed by atoms with Crippen molar-refractivity contribution in [2.75, 3.05) is 13.1 Å². The summed E-state index contributed by atoms with van der Waals surface area (Å²) in [4.78, 5) is 14.2. The largest absolute Gasteiger partial charge is 0.342 e. The molecule has 1 heterocycles. The minimum absolute atomic E-state index is 0.156. The van der Waals surface area contributed by atoms with Gasteiger partial charge in [0.1, 0.15) is 5.82 Å². The van der Waals surface area contributed by atoms with E-state index >= 15 is 0 Å². The fourth-order valence-corrected chi connectivity index (χ4v) is 2.88. The number of nitrogens with zero attached hydrogens (tertiary/aromatic N) is 1. The van der Waals surface area contributed by atoms with E-state index in [0.29, 0.717) is 17.8 Å². The molecule has 110 valence electrons. The molecular formula is C17H24FNO. The first kappa shape index (κ1) is 15.0. The molecule has 1 aliphatic heterocycles. The van der Waals surface area contributed by atoms with Crippen molar-refractivity contribution in [3.8, 4) is 0 Å². The lowest BCUT2D eigenvalue weighted by molar-refractivity contribution is -0.132. The molecular weight excluding hydrogens is 253 g/mol. The van der Waals surface area contributed by atoms with Crippen LogP contribution in [0.3, 0.4) is 0 Å². The molecule has 0 bridgehead atoms. The van der Waals surface area contributed by atoms with Gasteiger partial charge in [-0.3, -0.25) is 4.79 Å². The molecule has 2 rings (SSSR count). The molecule has 1 aromatic carbocycles. The molecule has 0 aliphatic carbocycles. The van der Waals surface area contributed by atoms with Gasteiger partial charge in [-0.1, -0.05) is 32.9 Å². The Morgan fingerprint density at radius 2 is 1.75 bits per heavy atom. The predicted octanol–water partition coefficient (Wildman–Crippen LogP) is 3.65. The third-order valence-electron chi connectivity index (χ3n) is 4.34. The molecule has 1 saturated heterocycles. The number of hydrogen-bond acceptors (Lipinski definition) is 1. The Hall–Kier alpha value is -1.38. The zero-order valence-electron chi connectivity index (χ0n) is 12.7. The maximum absolute atomic E-state index is 12.8. The number of halogens is 1. The summed E-state index contributed by atoms with van der Waals surface area (Å²) in [6, 6.07) is 6.20. The number of hydrogen-bond donors (Lipinski definition) is 0. The summed E-state index contributed by atoms with van der Waals surface area (Å²) in [5.41, 5.74) is 1.21. The van der Waals surface area contributed by atoms with E-state index in [1.54, 1.807) is 12.1 Å². The van der Waals surface area contributed by atoms with Gasteiger partial charge in [-0.2, -0.15) is 0 Å². The summed E-state index contributed by atoms with van der Waals surface area (Å²) >= 11 is 0. The Bertz CT molecular complexity index is 453. The molecule has 1 amide bonds. The lowest BCUT2D eigenvalue weighted by Crippen LogP contribution is -2.42. The highest BCUT2D eigenvalue weighted by molar-refractivity contribution is 5.78. The van der Waals surface area contributed by atoms with Crippen LogP contribution in [-0.4, -0.2) is 23.9 Å². The second-order valence-corrected chi connectivity index (χ2v) is 6.82. The SMILES string of the molecule is CC(C)(C)C1CCN(C(=O)Cc2ccc(F)cc2)CC1. The Labute approximate surface area is 121 Å².